The Morgan fingerprint density at radius 2 is 2.15 bits per heavy atom. The second-order valence-corrected chi connectivity index (χ2v) is 2.55. The Balaban J connectivity index is 2.83. The minimum atomic E-state index is 0.462. The molecule has 2 aromatic heterocycles. The molecule has 0 unspecified atom stereocenters. The van der Waals surface area contributed by atoms with Gasteiger partial charge >= 0.3 is 0 Å². The standard InChI is InChI=1S/C9H4N4/c10-2-6-1-8-7(3-11)5-13-9(8)12-4-6/h1,4-5H,(H,12,13). The fraction of sp³-hybridized carbons (Fsp3) is 0. The molecular formula is C9H4N4. The number of fused-ring (bicyclic) bond motifs is 1. The highest BCUT2D eigenvalue weighted by molar-refractivity contribution is 5.83. The van der Waals surface area contributed by atoms with Crippen molar-refractivity contribution in [2.24, 2.45) is 0 Å². The van der Waals surface area contributed by atoms with Crippen LogP contribution in [-0.4, -0.2) is 9.97 Å². The molecule has 0 atom stereocenters. The summed E-state index contributed by atoms with van der Waals surface area (Å²) in [6.45, 7) is 0. The van der Waals surface area contributed by atoms with E-state index < -0.39 is 0 Å². The van der Waals surface area contributed by atoms with Crippen LogP contribution in [0, 0.1) is 22.7 Å². The Kier molecular flexibility index (Phi) is 1.47. The van der Waals surface area contributed by atoms with Crippen molar-refractivity contribution in [3.63, 3.8) is 0 Å². The maximum atomic E-state index is 8.71. The maximum Gasteiger partial charge on any atom is 0.138 e. The van der Waals surface area contributed by atoms with Gasteiger partial charge in [-0.05, 0) is 6.07 Å². The first kappa shape index (κ1) is 7.33. The van der Waals surface area contributed by atoms with Gasteiger partial charge in [0.2, 0.25) is 0 Å². The highest BCUT2D eigenvalue weighted by Crippen LogP contribution is 2.15. The van der Waals surface area contributed by atoms with Gasteiger partial charge in [-0.2, -0.15) is 10.5 Å². The largest absolute Gasteiger partial charge is 0.345 e. The van der Waals surface area contributed by atoms with Crippen LogP contribution in [0.15, 0.2) is 18.5 Å². The molecule has 2 heterocycles. The van der Waals surface area contributed by atoms with Crippen molar-refractivity contribution in [2.45, 2.75) is 0 Å². The van der Waals surface area contributed by atoms with E-state index in [0.717, 1.165) is 0 Å². The molecule has 0 fully saturated rings. The van der Waals surface area contributed by atoms with Gasteiger partial charge in [0.25, 0.3) is 0 Å². The van der Waals surface area contributed by atoms with Gasteiger partial charge in [0.1, 0.15) is 17.8 Å². The number of hydrogen-bond donors (Lipinski definition) is 1. The maximum absolute atomic E-state index is 8.71. The second-order valence-electron chi connectivity index (χ2n) is 2.55. The van der Waals surface area contributed by atoms with Gasteiger partial charge in [-0.1, -0.05) is 0 Å². The van der Waals surface area contributed by atoms with Crippen LogP contribution >= 0.6 is 0 Å². The van der Waals surface area contributed by atoms with Crippen LogP contribution in [0.4, 0.5) is 0 Å². The predicted molar refractivity (Wildman–Crippen MR) is 45.5 cm³/mol. The third kappa shape index (κ3) is 1.02. The molecule has 0 saturated heterocycles. The lowest BCUT2D eigenvalue weighted by Crippen LogP contribution is -1.79. The first-order valence-electron chi connectivity index (χ1n) is 3.62. The molecule has 60 valence electrons. The quantitative estimate of drug-likeness (QED) is 0.644. The molecule has 0 radical (unpaired) electrons. The molecule has 2 aromatic rings. The van der Waals surface area contributed by atoms with E-state index in [1.54, 1.807) is 12.3 Å². The second kappa shape index (κ2) is 2.62. The number of hydrogen-bond acceptors (Lipinski definition) is 3. The Morgan fingerprint density at radius 3 is 2.85 bits per heavy atom. The minimum absolute atomic E-state index is 0.462. The van der Waals surface area contributed by atoms with E-state index in [4.69, 9.17) is 10.5 Å². The van der Waals surface area contributed by atoms with Crippen molar-refractivity contribution in [2.75, 3.05) is 0 Å². The Morgan fingerprint density at radius 1 is 1.31 bits per heavy atom. The third-order valence-electron chi connectivity index (χ3n) is 1.78. The van der Waals surface area contributed by atoms with E-state index in [0.29, 0.717) is 22.2 Å². The molecule has 0 aliphatic heterocycles. The number of rotatable bonds is 0. The van der Waals surface area contributed by atoms with E-state index in [-0.39, 0.29) is 0 Å². The van der Waals surface area contributed by atoms with Crippen molar-refractivity contribution in [3.05, 3.63) is 29.6 Å². The van der Waals surface area contributed by atoms with Crippen molar-refractivity contribution >= 4 is 11.0 Å². The summed E-state index contributed by atoms with van der Waals surface area (Å²) in [6.07, 6.45) is 3.05. The summed E-state index contributed by atoms with van der Waals surface area (Å²) in [6, 6.07) is 5.65. The van der Waals surface area contributed by atoms with Crippen molar-refractivity contribution in [1.29, 1.82) is 10.5 Å². The predicted octanol–water partition coefficient (Wildman–Crippen LogP) is 1.31. The normalized spacial score (nSPS) is 9.38. The Bertz CT molecular complexity index is 539. The summed E-state index contributed by atoms with van der Waals surface area (Å²) >= 11 is 0. The monoisotopic (exact) mass is 168 g/mol. The average molecular weight is 168 g/mol. The number of nitrogens with zero attached hydrogens (tertiary/aromatic N) is 3. The van der Waals surface area contributed by atoms with Crippen LogP contribution in [0.1, 0.15) is 11.1 Å². The topological polar surface area (TPSA) is 76.3 Å². The molecule has 4 nitrogen and oxygen atoms in total. The molecule has 13 heavy (non-hydrogen) atoms. The molecular weight excluding hydrogens is 164 g/mol. The number of nitriles is 2. The van der Waals surface area contributed by atoms with E-state index in [2.05, 4.69) is 9.97 Å². The van der Waals surface area contributed by atoms with Gasteiger partial charge < -0.3 is 4.98 Å². The molecule has 0 aliphatic rings. The minimum Gasteiger partial charge on any atom is -0.345 e. The van der Waals surface area contributed by atoms with Crippen LogP contribution in [0.3, 0.4) is 0 Å². The summed E-state index contributed by atoms with van der Waals surface area (Å²) in [5.74, 6) is 0. The average Bonchev–Trinajstić information content (AvgIpc) is 2.59. The number of nitrogens with one attached hydrogen (secondary N) is 1. The summed E-state index contributed by atoms with van der Waals surface area (Å²) in [4.78, 5) is 6.84. The fourth-order valence-electron chi connectivity index (χ4n) is 1.16. The summed E-state index contributed by atoms with van der Waals surface area (Å²) in [7, 11) is 0. The third-order valence-corrected chi connectivity index (χ3v) is 1.78. The molecule has 0 aromatic carbocycles. The molecule has 1 N–H and O–H groups in total. The van der Waals surface area contributed by atoms with Gasteiger partial charge in [0.05, 0.1) is 11.1 Å². The number of pyridine rings is 1. The zero-order chi connectivity index (χ0) is 9.26. The lowest BCUT2D eigenvalue weighted by atomic mass is 10.2. The molecule has 0 saturated carbocycles. The van der Waals surface area contributed by atoms with Gasteiger partial charge in [-0.3, -0.25) is 0 Å². The first-order valence-corrected chi connectivity index (χ1v) is 3.62. The lowest BCUT2D eigenvalue weighted by molar-refractivity contribution is 1.31. The van der Waals surface area contributed by atoms with Crippen molar-refractivity contribution in [3.8, 4) is 12.1 Å². The van der Waals surface area contributed by atoms with Crippen LogP contribution in [0.25, 0.3) is 11.0 Å². The number of H-pyrrole nitrogens is 1. The Labute approximate surface area is 74.1 Å². The SMILES string of the molecule is N#Cc1cnc2[nH]cc(C#N)c2c1. The number of aromatic nitrogens is 2. The number of aromatic amines is 1. The van der Waals surface area contributed by atoms with Crippen molar-refractivity contribution < 1.29 is 0 Å². The molecule has 4 heteroatoms. The smallest absolute Gasteiger partial charge is 0.138 e. The molecule has 0 bridgehead atoms. The zero-order valence-electron chi connectivity index (χ0n) is 6.57. The van der Waals surface area contributed by atoms with Crippen LogP contribution in [0.5, 0.6) is 0 Å². The summed E-state index contributed by atoms with van der Waals surface area (Å²) < 4.78 is 0. The molecule has 0 spiro atoms. The van der Waals surface area contributed by atoms with E-state index in [1.807, 2.05) is 12.1 Å². The van der Waals surface area contributed by atoms with Gasteiger partial charge in [0.15, 0.2) is 0 Å². The van der Waals surface area contributed by atoms with Gasteiger partial charge in [0, 0.05) is 17.8 Å². The lowest BCUT2D eigenvalue weighted by Gasteiger charge is -1.89. The van der Waals surface area contributed by atoms with E-state index in [9.17, 15) is 0 Å². The molecule has 0 amide bonds. The van der Waals surface area contributed by atoms with Crippen LogP contribution < -0.4 is 0 Å². The van der Waals surface area contributed by atoms with Gasteiger partial charge in [-0.25, -0.2) is 4.98 Å². The Hall–Kier alpha value is -2.33. The fourth-order valence-corrected chi connectivity index (χ4v) is 1.16. The molecule has 0 aliphatic carbocycles. The van der Waals surface area contributed by atoms with Crippen LogP contribution in [0.2, 0.25) is 0 Å². The first-order chi connectivity index (χ1) is 6.35. The highest BCUT2D eigenvalue weighted by atomic mass is 14.8. The van der Waals surface area contributed by atoms with Crippen molar-refractivity contribution in [1.82, 2.24) is 9.97 Å². The molecule has 2 rings (SSSR count). The summed E-state index contributed by atoms with van der Waals surface area (Å²) in [5, 5.41) is 18.0. The zero-order valence-corrected chi connectivity index (χ0v) is 6.57. The van der Waals surface area contributed by atoms with E-state index in [1.165, 1.54) is 6.20 Å². The van der Waals surface area contributed by atoms with Crippen LogP contribution in [-0.2, 0) is 0 Å². The van der Waals surface area contributed by atoms with Gasteiger partial charge in [-0.15, -0.1) is 0 Å². The van der Waals surface area contributed by atoms with E-state index >= 15 is 0 Å². The highest BCUT2D eigenvalue weighted by Gasteiger charge is 2.04. The summed E-state index contributed by atoms with van der Waals surface area (Å²) in [5.41, 5.74) is 1.61.